The molecule has 0 saturated heterocycles. The SMILES string of the molecule is Cn1c(/C=[N+](/C)[O-])nnc1SCCC(F)=C(F)F. The minimum Gasteiger partial charge on any atom is -0.624 e. The van der Waals surface area contributed by atoms with Gasteiger partial charge in [-0.25, -0.2) is 9.13 Å². The van der Waals surface area contributed by atoms with Gasteiger partial charge in [-0.3, -0.25) is 0 Å². The summed E-state index contributed by atoms with van der Waals surface area (Å²) in [5.74, 6) is -0.971. The second-order valence-corrected chi connectivity index (χ2v) is 4.40. The Morgan fingerprint density at radius 3 is 2.67 bits per heavy atom. The van der Waals surface area contributed by atoms with Gasteiger partial charge in [0.1, 0.15) is 7.05 Å². The van der Waals surface area contributed by atoms with Gasteiger partial charge in [0.25, 0.3) is 0 Å². The topological polar surface area (TPSA) is 56.8 Å². The highest BCUT2D eigenvalue weighted by atomic mass is 32.2. The first kappa shape index (κ1) is 14.6. The molecule has 9 heteroatoms. The fourth-order valence-electron chi connectivity index (χ4n) is 1.05. The molecule has 1 aromatic rings. The van der Waals surface area contributed by atoms with E-state index in [0.29, 0.717) is 15.7 Å². The molecule has 0 atom stereocenters. The van der Waals surface area contributed by atoms with Crippen LogP contribution >= 0.6 is 11.8 Å². The summed E-state index contributed by atoms with van der Waals surface area (Å²) in [6.45, 7) is 0. The summed E-state index contributed by atoms with van der Waals surface area (Å²) in [6.07, 6.45) is -1.45. The maximum atomic E-state index is 12.5. The molecule has 0 aliphatic carbocycles. The number of thioether (sulfide) groups is 1. The van der Waals surface area contributed by atoms with Crippen molar-refractivity contribution in [1.82, 2.24) is 14.8 Å². The van der Waals surface area contributed by atoms with Crippen LogP contribution in [0.4, 0.5) is 13.2 Å². The molecule has 100 valence electrons. The third-order valence-corrected chi connectivity index (χ3v) is 2.95. The average molecular weight is 280 g/mol. The molecule has 0 bridgehead atoms. The highest BCUT2D eigenvalue weighted by Gasteiger charge is 2.11. The molecule has 0 radical (unpaired) electrons. The number of aromatic nitrogens is 3. The Bertz CT molecular complexity index is 478. The molecule has 0 aliphatic rings. The molecule has 1 heterocycles. The summed E-state index contributed by atoms with van der Waals surface area (Å²) in [5, 5.41) is 18.7. The van der Waals surface area contributed by atoms with Crippen LogP contribution in [-0.4, -0.2) is 38.5 Å². The number of halogens is 3. The average Bonchev–Trinajstić information content (AvgIpc) is 2.60. The van der Waals surface area contributed by atoms with E-state index < -0.39 is 11.9 Å². The number of hydroxylamine groups is 1. The van der Waals surface area contributed by atoms with Gasteiger partial charge in [0.2, 0.25) is 12.0 Å². The molecule has 0 saturated carbocycles. The molecule has 0 aromatic carbocycles. The van der Waals surface area contributed by atoms with Gasteiger partial charge in [-0.15, -0.1) is 10.2 Å². The van der Waals surface area contributed by atoms with Crippen molar-refractivity contribution in [2.75, 3.05) is 12.8 Å². The second kappa shape index (κ2) is 6.43. The highest BCUT2D eigenvalue weighted by molar-refractivity contribution is 7.99. The van der Waals surface area contributed by atoms with Gasteiger partial charge in [0.15, 0.2) is 11.0 Å². The van der Waals surface area contributed by atoms with Crippen molar-refractivity contribution >= 4 is 18.0 Å². The number of allylic oxidation sites excluding steroid dienone is 1. The predicted octanol–water partition coefficient (Wildman–Crippen LogP) is 1.93. The minimum absolute atomic E-state index is 0.113. The highest BCUT2D eigenvalue weighted by Crippen LogP contribution is 2.21. The van der Waals surface area contributed by atoms with E-state index in [1.807, 2.05) is 0 Å². The Balaban J connectivity index is 2.62. The van der Waals surface area contributed by atoms with E-state index in [1.165, 1.54) is 17.8 Å². The zero-order valence-corrected chi connectivity index (χ0v) is 10.5. The molecule has 18 heavy (non-hydrogen) atoms. The summed E-state index contributed by atoms with van der Waals surface area (Å²) in [6, 6.07) is 0. The first-order valence-corrected chi connectivity index (χ1v) is 5.87. The molecule has 0 aliphatic heterocycles. The number of nitrogens with zero attached hydrogens (tertiary/aromatic N) is 4. The van der Waals surface area contributed by atoms with Crippen LogP contribution in [0.3, 0.4) is 0 Å². The van der Waals surface area contributed by atoms with E-state index in [2.05, 4.69) is 10.2 Å². The van der Waals surface area contributed by atoms with Gasteiger partial charge in [0.05, 0.1) is 0 Å². The molecule has 1 aromatic heterocycles. The number of hydrogen-bond donors (Lipinski definition) is 0. The van der Waals surface area contributed by atoms with Crippen LogP contribution in [0.15, 0.2) is 17.1 Å². The maximum Gasteiger partial charge on any atom is 0.301 e. The Hall–Kier alpha value is -1.51. The third kappa shape index (κ3) is 4.06. The largest absolute Gasteiger partial charge is 0.624 e. The van der Waals surface area contributed by atoms with Crippen LogP contribution in [-0.2, 0) is 7.05 Å². The maximum absolute atomic E-state index is 12.5. The number of hydrogen-bond acceptors (Lipinski definition) is 4. The van der Waals surface area contributed by atoms with E-state index in [4.69, 9.17) is 0 Å². The fraction of sp³-hybridized carbons (Fsp3) is 0.444. The van der Waals surface area contributed by atoms with Crippen molar-refractivity contribution < 1.29 is 17.9 Å². The molecule has 0 N–H and O–H groups in total. The van der Waals surface area contributed by atoms with Gasteiger partial charge in [0, 0.05) is 19.2 Å². The third-order valence-electron chi connectivity index (χ3n) is 1.92. The van der Waals surface area contributed by atoms with Gasteiger partial charge in [-0.05, 0) is 0 Å². The van der Waals surface area contributed by atoms with Crippen LogP contribution in [0.2, 0.25) is 0 Å². The van der Waals surface area contributed by atoms with Crippen LogP contribution in [0.5, 0.6) is 0 Å². The minimum atomic E-state index is -2.30. The van der Waals surface area contributed by atoms with Crippen molar-refractivity contribution in [3.05, 3.63) is 22.9 Å². The summed E-state index contributed by atoms with van der Waals surface area (Å²) in [5.41, 5.74) is 0. The predicted molar refractivity (Wildman–Crippen MR) is 61.4 cm³/mol. The van der Waals surface area contributed by atoms with Crippen molar-refractivity contribution in [2.24, 2.45) is 7.05 Å². The Morgan fingerprint density at radius 2 is 2.11 bits per heavy atom. The van der Waals surface area contributed by atoms with Crippen LogP contribution in [0.25, 0.3) is 0 Å². The lowest BCUT2D eigenvalue weighted by Crippen LogP contribution is -2.05. The first-order valence-electron chi connectivity index (χ1n) is 4.88. The molecular weight excluding hydrogens is 269 g/mol. The van der Waals surface area contributed by atoms with E-state index in [9.17, 15) is 18.4 Å². The molecule has 0 spiro atoms. The fourth-order valence-corrected chi connectivity index (χ4v) is 1.90. The van der Waals surface area contributed by atoms with E-state index in [-0.39, 0.29) is 12.2 Å². The normalized spacial score (nSPS) is 11.7. The smallest absolute Gasteiger partial charge is 0.301 e. The van der Waals surface area contributed by atoms with Crippen molar-refractivity contribution in [3.63, 3.8) is 0 Å². The standard InChI is InChI=1S/C9H11F3N4OS/c1-15(17)5-7-13-14-9(16(7)2)18-4-3-6(10)8(11)12/h5H,3-4H2,1-2H3/b15-5-. The summed E-state index contributed by atoms with van der Waals surface area (Å²) < 4.78 is 38.2. The Labute approximate surface area is 106 Å². The van der Waals surface area contributed by atoms with Crippen LogP contribution in [0, 0.1) is 5.21 Å². The first-order chi connectivity index (χ1) is 8.41. The zero-order chi connectivity index (χ0) is 13.7. The quantitative estimate of drug-likeness (QED) is 0.272. The molecule has 0 fully saturated rings. The zero-order valence-electron chi connectivity index (χ0n) is 9.73. The van der Waals surface area contributed by atoms with Gasteiger partial charge < -0.3 is 9.77 Å². The second-order valence-electron chi connectivity index (χ2n) is 3.34. The summed E-state index contributed by atoms with van der Waals surface area (Å²) in [4.78, 5) is 0. The van der Waals surface area contributed by atoms with Crippen molar-refractivity contribution in [2.45, 2.75) is 11.6 Å². The molecule has 0 unspecified atom stereocenters. The monoisotopic (exact) mass is 280 g/mol. The lowest BCUT2D eigenvalue weighted by atomic mass is 10.4. The lowest BCUT2D eigenvalue weighted by molar-refractivity contribution is -0.417. The Morgan fingerprint density at radius 1 is 1.44 bits per heavy atom. The number of rotatable bonds is 5. The van der Waals surface area contributed by atoms with Crippen molar-refractivity contribution in [3.8, 4) is 0 Å². The molecule has 5 nitrogen and oxygen atoms in total. The lowest BCUT2D eigenvalue weighted by Gasteiger charge is -2.00. The van der Waals surface area contributed by atoms with E-state index in [1.54, 1.807) is 7.05 Å². The molecule has 1 rings (SSSR count). The van der Waals surface area contributed by atoms with E-state index in [0.717, 1.165) is 11.8 Å². The van der Waals surface area contributed by atoms with Gasteiger partial charge in [-0.1, -0.05) is 11.8 Å². The molecule has 0 amide bonds. The summed E-state index contributed by atoms with van der Waals surface area (Å²) in [7, 11) is 2.92. The molecular formula is C9H11F3N4OS. The Kier molecular flexibility index (Phi) is 5.20. The summed E-state index contributed by atoms with van der Waals surface area (Å²) >= 11 is 1.08. The van der Waals surface area contributed by atoms with Crippen LogP contribution in [0.1, 0.15) is 12.2 Å². The van der Waals surface area contributed by atoms with E-state index >= 15 is 0 Å². The van der Waals surface area contributed by atoms with Gasteiger partial charge >= 0.3 is 6.08 Å². The van der Waals surface area contributed by atoms with Gasteiger partial charge in [-0.2, -0.15) is 8.78 Å². The van der Waals surface area contributed by atoms with Crippen molar-refractivity contribution in [1.29, 1.82) is 0 Å². The van der Waals surface area contributed by atoms with Crippen LogP contribution < -0.4 is 0 Å².